The van der Waals surface area contributed by atoms with E-state index in [1.807, 2.05) is 0 Å². The van der Waals surface area contributed by atoms with Crippen LogP contribution in [0.1, 0.15) is 48.6 Å². The summed E-state index contributed by atoms with van der Waals surface area (Å²) >= 11 is 2.51. The Balaban J connectivity index is 1.89. The van der Waals surface area contributed by atoms with Crippen LogP contribution in [0.4, 0.5) is 0 Å². The second-order valence-electron chi connectivity index (χ2n) is 9.14. The number of hydrogen-bond donors (Lipinski definition) is 0. The Hall–Kier alpha value is -1.27. The van der Waals surface area contributed by atoms with Gasteiger partial charge in [0.05, 0.1) is 0 Å². The predicted octanol–water partition coefficient (Wildman–Crippen LogP) is 6.09. The van der Waals surface area contributed by atoms with E-state index < -0.39 is 8.07 Å². The van der Waals surface area contributed by atoms with E-state index in [-0.39, 0.29) is 3.71 Å². The van der Waals surface area contributed by atoms with E-state index in [9.17, 15) is 0 Å². The maximum atomic E-state index is 2.64. The maximum absolute atomic E-state index is 2.64. The molecule has 0 fully saturated rings. The first-order valence-corrected chi connectivity index (χ1v) is 13.0. The fourth-order valence-electron chi connectivity index (χ4n) is 5.14. The molecule has 0 nitrogen and oxygen atoms in total. The zero-order valence-corrected chi connectivity index (χ0v) is 17.9. The molecule has 0 aromatic heterocycles. The minimum absolute atomic E-state index is 0.155. The van der Waals surface area contributed by atoms with Gasteiger partial charge in [-0.15, -0.1) is 0 Å². The van der Waals surface area contributed by atoms with Crippen LogP contribution >= 0.6 is 0 Å². The molecule has 4 rings (SSSR count). The van der Waals surface area contributed by atoms with E-state index in [0.717, 1.165) is 0 Å². The third-order valence-corrected chi connectivity index (χ3v) is 12.2. The van der Waals surface area contributed by atoms with E-state index >= 15 is 0 Å². The van der Waals surface area contributed by atoms with Crippen LogP contribution in [0.15, 0.2) is 60.7 Å². The van der Waals surface area contributed by atoms with Crippen molar-refractivity contribution in [3.8, 4) is 0 Å². The Bertz CT molecular complexity index is 935. The average molecular weight is 351 g/mol. The van der Waals surface area contributed by atoms with Crippen molar-refractivity contribution in [3.63, 3.8) is 0 Å². The molecule has 0 saturated heterocycles. The van der Waals surface area contributed by atoms with Crippen molar-refractivity contribution in [3.05, 3.63) is 82.9 Å². The first-order valence-electron chi connectivity index (χ1n) is 9.87. The van der Waals surface area contributed by atoms with Gasteiger partial charge in [0.15, 0.2) is 0 Å². The molecule has 2 atom stereocenters. The van der Waals surface area contributed by atoms with Crippen LogP contribution in [0.2, 0.25) is 13.1 Å². The normalized spacial score (nSPS) is 24.4. The molecule has 26 heavy (non-hydrogen) atoms. The molecule has 0 saturated carbocycles. The van der Waals surface area contributed by atoms with Crippen molar-refractivity contribution in [2.45, 2.75) is 43.1 Å². The topological polar surface area (TPSA) is 0 Å². The van der Waals surface area contributed by atoms with Gasteiger partial charge in [-0.05, 0) is 0 Å². The number of rotatable bonds is 3. The minimum atomic E-state index is -1.75. The van der Waals surface area contributed by atoms with Crippen molar-refractivity contribution in [2.24, 2.45) is 5.92 Å². The van der Waals surface area contributed by atoms with Gasteiger partial charge in [0, 0.05) is 0 Å². The molecule has 2 unspecified atom stereocenters. The molecule has 0 N–H and O–H groups in total. The Morgan fingerprint density at radius 3 is 2.27 bits per heavy atom. The van der Waals surface area contributed by atoms with Gasteiger partial charge < -0.3 is 0 Å². The van der Waals surface area contributed by atoms with Crippen molar-refractivity contribution < 1.29 is 0 Å². The van der Waals surface area contributed by atoms with Gasteiger partial charge in [-0.3, -0.25) is 0 Å². The van der Waals surface area contributed by atoms with Crippen LogP contribution < -0.4 is 0 Å². The van der Waals surface area contributed by atoms with Crippen LogP contribution in [0.5, 0.6) is 0 Å². The van der Waals surface area contributed by atoms with E-state index in [4.69, 9.17) is 0 Å². The number of benzene rings is 2. The van der Waals surface area contributed by atoms with Gasteiger partial charge in [0.1, 0.15) is 0 Å². The molecule has 0 spiro atoms. The van der Waals surface area contributed by atoms with E-state index in [1.165, 1.54) is 22.3 Å². The molecule has 2 aromatic rings. The number of fused-ring (bicyclic) bond motifs is 2. The van der Waals surface area contributed by atoms with Gasteiger partial charge in [-0.2, -0.15) is 0 Å². The van der Waals surface area contributed by atoms with Gasteiger partial charge >= 0.3 is 169 Å². The molecule has 2 heteroatoms. The molecule has 0 heterocycles. The summed E-state index contributed by atoms with van der Waals surface area (Å²) in [7, 11) is -1.75. The molecular formula is C24H27LiSi. The zero-order valence-electron chi connectivity index (χ0n) is 16.9. The quantitative estimate of drug-likeness (QED) is 0.588. The summed E-state index contributed by atoms with van der Waals surface area (Å²) in [5.41, 5.74) is 9.60. The Kier molecular flexibility index (Phi) is 4.27. The van der Waals surface area contributed by atoms with Crippen LogP contribution in [0, 0.1) is 5.92 Å². The first-order chi connectivity index (χ1) is 12.3. The number of hydrogen-bond acceptors (Lipinski definition) is 0. The molecule has 2 aliphatic rings. The van der Waals surface area contributed by atoms with E-state index in [1.54, 1.807) is 11.1 Å². The van der Waals surface area contributed by atoms with Crippen molar-refractivity contribution in [1.82, 2.24) is 0 Å². The first kappa shape index (κ1) is 18.1. The summed E-state index contributed by atoms with van der Waals surface area (Å²) in [4.78, 5) is 0. The molecule has 0 amide bonds. The molecule has 0 aliphatic heterocycles. The second-order valence-corrected chi connectivity index (χ2v) is 14.2. The fourth-order valence-corrected chi connectivity index (χ4v) is 8.92. The molecule has 0 bridgehead atoms. The Morgan fingerprint density at radius 2 is 1.58 bits per heavy atom. The van der Waals surface area contributed by atoms with Gasteiger partial charge in [0.2, 0.25) is 0 Å². The summed E-state index contributed by atoms with van der Waals surface area (Å²) < 4.78 is 0.155. The molecule has 2 aromatic carbocycles. The Morgan fingerprint density at radius 1 is 0.962 bits per heavy atom. The van der Waals surface area contributed by atoms with Gasteiger partial charge in [-0.1, -0.05) is 0 Å². The second kappa shape index (κ2) is 6.13. The monoisotopic (exact) mass is 350 g/mol. The summed E-state index contributed by atoms with van der Waals surface area (Å²) in [6.07, 6.45) is 5.20. The Labute approximate surface area is 168 Å². The van der Waals surface area contributed by atoms with Crippen LogP contribution in [-0.2, 0) is 3.71 Å². The SMILES string of the molecule is [Li][C]1([Si](C)(C)C2C=C(C)c3ccccc32)C=C(C(C)C)c2ccccc21. The van der Waals surface area contributed by atoms with E-state index in [2.05, 4.69) is 112 Å². The third-order valence-electron chi connectivity index (χ3n) is 7.12. The molecule has 128 valence electrons. The number of allylic oxidation sites excluding steroid dienone is 4. The summed E-state index contributed by atoms with van der Waals surface area (Å²) in [5.74, 6) is 0.566. The van der Waals surface area contributed by atoms with Crippen molar-refractivity contribution in [2.75, 3.05) is 0 Å². The summed E-state index contributed by atoms with van der Waals surface area (Å²) in [6, 6.07) is 18.2. The van der Waals surface area contributed by atoms with Crippen LogP contribution in [0.25, 0.3) is 11.1 Å². The van der Waals surface area contributed by atoms with E-state index in [0.29, 0.717) is 11.5 Å². The fraction of sp³-hybridized carbons (Fsp3) is 0.333. The molecule has 2 aliphatic carbocycles. The standard InChI is InChI=1S/C24H27Si.Li/c1-16(2)22-15-24(21-13-9-7-11-19(21)22)25(4,5)23-14-17(3)18-10-6-8-12-20(18)23;/h6-16,23H,1-5H3;. The van der Waals surface area contributed by atoms with Crippen molar-refractivity contribution in [1.29, 1.82) is 0 Å². The van der Waals surface area contributed by atoms with Crippen LogP contribution in [-0.4, -0.2) is 25.8 Å². The summed E-state index contributed by atoms with van der Waals surface area (Å²) in [6.45, 7) is 12.1. The average Bonchev–Trinajstić information content (AvgIpc) is 3.13. The molecule has 0 radical (unpaired) electrons. The van der Waals surface area contributed by atoms with Gasteiger partial charge in [-0.25, -0.2) is 0 Å². The van der Waals surface area contributed by atoms with Crippen LogP contribution in [0.3, 0.4) is 0 Å². The zero-order chi connectivity index (χ0) is 18.7. The molecular weight excluding hydrogens is 323 g/mol. The van der Waals surface area contributed by atoms with Gasteiger partial charge in [0.25, 0.3) is 0 Å². The predicted molar refractivity (Wildman–Crippen MR) is 117 cm³/mol. The summed E-state index contributed by atoms with van der Waals surface area (Å²) in [5, 5.41) is 0. The van der Waals surface area contributed by atoms with Crippen molar-refractivity contribution >= 4 is 36.9 Å². The third kappa shape index (κ3) is 2.41.